The Morgan fingerprint density at radius 2 is 2.50 bits per heavy atom. The van der Waals surface area contributed by atoms with Crippen LogP contribution in [0.25, 0.3) is 0 Å². The quantitative estimate of drug-likeness (QED) is 0.376. The predicted octanol–water partition coefficient (Wildman–Crippen LogP) is 2.45. The van der Waals surface area contributed by atoms with Gasteiger partial charge >= 0.3 is 0 Å². The van der Waals surface area contributed by atoms with Crippen molar-refractivity contribution in [2.45, 2.75) is 13.8 Å². The first-order chi connectivity index (χ1) is 3.83. The van der Waals surface area contributed by atoms with Crippen molar-refractivity contribution in [1.29, 1.82) is 0 Å². The molecule has 0 aromatic carbocycles. The van der Waals surface area contributed by atoms with Crippen molar-refractivity contribution < 1.29 is 0 Å². The van der Waals surface area contributed by atoms with Gasteiger partial charge in [-0.25, -0.2) is 0 Å². The average molecular weight is 128 g/mol. The third-order valence-electron chi connectivity index (χ3n) is 1.62. The zero-order valence-electron chi connectivity index (χ0n) is 5.65. The van der Waals surface area contributed by atoms with Crippen LogP contribution in [0, 0.1) is 0 Å². The molecule has 0 aromatic heterocycles. The SMILES string of the molecule is CCP1CC=C(C)C1. The Morgan fingerprint density at radius 1 is 1.75 bits per heavy atom. The van der Waals surface area contributed by atoms with E-state index in [9.17, 15) is 0 Å². The van der Waals surface area contributed by atoms with Crippen LogP contribution >= 0.6 is 7.92 Å². The van der Waals surface area contributed by atoms with E-state index < -0.39 is 0 Å². The summed E-state index contributed by atoms with van der Waals surface area (Å²) in [5, 5.41) is 0. The van der Waals surface area contributed by atoms with E-state index in [0.29, 0.717) is 7.92 Å². The summed E-state index contributed by atoms with van der Waals surface area (Å²) in [5.41, 5.74) is 1.62. The maximum Gasteiger partial charge on any atom is -0.0114 e. The van der Waals surface area contributed by atoms with Gasteiger partial charge in [-0.15, -0.1) is 0 Å². The third-order valence-corrected chi connectivity index (χ3v) is 4.16. The standard InChI is InChI=1S/C7H13P/c1-3-8-5-4-7(2)6-8/h4H,3,5-6H2,1-2H3. The summed E-state index contributed by atoms with van der Waals surface area (Å²) in [6, 6.07) is 0. The fourth-order valence-corrected chi connectivity index (χ4v) is 3.02. The lowest BCUT2D eigenvalue weighted by Gasteiger charge is -2.03. The molecule has 1 heterocycles. The Morgan fingerprint density at radius 3 is 2.75 bits per heavy atom. The molecule has 0 N–H and O–H groups in total. The van der Waals surface area contributed by atoms with Crippen molar-refractivity contribution in [1.82, 2.24) is 0 Å². The van der Waals surface area contributed by atoms with Gasteiger partial charge in [0, 0.05) is 0 Å². The first-order valence-corrected chi connectivity index (χ1v) is 5.10. The highest BCUT2D eigenvalue weighted by molar-refractivity contribution is 7.58. The molecule has 0 bridgehead atoms. The molecule has 0 fully saturated rings. The lowest BCUT2D eigenvalue weighted by Crippen LogP contribution is -1.80. The van der Waals surface area contributed by atoms with Gasteiger partial charge in [-0.3, -0.25) is 0 Å². The van der Waals surface area contributed by atoms with Crippen molar-refractivity contribution in [2.75, 3.05) is 18.5 Å². The summed E-state index contributed by atoms with van der Waals surface area (Å²) in [6.45, 7) is 4.55. The van der Waals surface area contributed by atoms with E-state index in [-0.39, 0.29) is 0 Å². The van der Waals surface area contributed by atoms with Crippen molar-refractivity contribution in [2.24, 2.45) is 0 Å². The molecule has 1 rings (SSSR count). The lowest BCUT2D eigenvalue weighted by molar-refractivity contribution is 1.40. The van der Waals surface area contributed by atoms with E-state index >= 15 is 0 Å². The molecule has 1 unspecified atom stereocenters. The Kier molecular flexibility index (Phi) is 2.08. The molecule has 0 aliphatic carbocycles. The normalized spacial score (nSPS) is 28.2. The molecule has 0 aromatic rings. The summed E-state index contributed by atoms with van der Waals surface area (Å²) in [5.74, 6) is 0. The van der Waals surface area contributed by atoms with Gasteiger partial charge < -0.3 is 0 Å². The van der Waals surface area contributed by atoms with Crippen molar-refractivity contribution in [3.05, 3.63) is 11.6 Å². The lowest BCUT2D eigenvalue weighted by atomic mass is 10.3. The maximum absolute atomic E-state index is 2.40. The van der Waals surface area contributed by atoms with Crippen LogP contribution in [0.4, 0.5) is 0 Å². The summed E-state index contributed by atoms with van der Waals surface area (Å²) in [4.78, 5) is 0. The van der Waals surface area contributed by atoms with Gasteiger partial charge in [0.25, 0.3) is 0 Å². The van der Waals surface area contributed by atoms with Crippen LogP contribution in [0.5, 0.6) is 0 Å². The predicted molar refractivity (Wildman–Crippen MR) is 41.0 cm³/mol. The highest BCUT2D eigenvalue weighted by atomic mass is 31.1. The van der Waals surface area contributed by atoms with E-state index in [1.165, 1.54) is 18.5 Å². The second-order valence-electron chi connectivity index (χ2n) is 2.38. The smallest absolute Gasteiger partial charge is 0.0114 e. The summed E-state index contributed by atoms with van der Waals surface area (Å²) in [6.07, 6.45) is 6.64. The number of hydrogen-bond donors (Lipinski definition) is 0. The number of hydrogen-bond acceptors (Lipinski definition) is 0. The summed E-state index contributed by atoms with van der Waals surface area (Å²) >= 11 is 0. The molecule has 1 aliphatic rings. The first-order valence-electron chi connectivity index (χ1n) is 3.21. The van der Waals surface area contributed by atoms with Gasteiger partial charge in [0.2, 0.25) is 0 Å². The van der Waals surface area contributed by atoms with Crippen molar-refractivity contribution in [3.8, 4) is 0 Å². The number of rotatable bonds is 1. The van der Waals surface area contributed by atoms with Crippen LogP contribution in [0.3, 0.4) is 0 Å². The van der Waals surface area contributed by atoms with E-state index in [1.54, 1.807) is 5.57 Å². The molecule has 0 saturated carbocycles. The Hall–Kier alpha value is 0.170. The minimum atomic E-state index is 0.425. The van der Waals surface area contributed by atoms with Crippen LogP contribution in [0.2, 0.25) is 0 Å². The topological polar surface area (TPSA) is 0 Å². The molecule has 1 heteroatoms. The molecule has 0 spiro atoms. The van der Waals surface area contributed by atoms with Crippen molar-refractivity contribution >= 4 is 7.92 Å². The monoisotopic (exact) mass is 128 g/mol. The fraction of sp³-hybridized carbons (Fsp3) is 0.714. The van der Waals surface area contributed by atoms with E-state index in [2.05, 4.69) is 19.9 Å². The molecule has 0 saturated heterocycles. The molecule has 0 nitrogen and oxygen atoms in total. The molecule has 0 radical (unpaired) electrons. The second kappa shape index (κ2) is 2.64. The van der Waals surface area contributed by atoms with Gasteiger partial charge in [-0.1, -0.05) is 26.5 Å². The van der Waals surface area contributed by atoms with Crippen LogP contribution in [0.1, 0.15) is 13.8 Å². The van der Waals surface area contributed by atoms with Gasteiger partial charge in [0.15, 0.2) is 0 Å². The molecule has 1 atom stereocenters. The second-order valence-corrected chi connectivity index (χ2v) is 5.03. The van der Waals surface area contributed by atoms with Crippen LogP contribution in [-0.2, 0) is 0 Å². The Bertz CT molecular complexity index is 105. The van der Waals surface area contributed by atoms with Crippen LogP contribution in [-0.4, -0.2) is 18.5 Å². The first kappa shape index (κ1) is 6.29. The van der Waals surface area contributed by atoms with Crippen LogP contribution < -0.4 is 0 Å². The minimum absolute atomic E-state index is 0.425. The van der Waals surface area contributed by atoms with Gasteiger partial charge in [0.05, 0.1) is 0 Å². The van der Waals surface area contributed by atoms with Gasteiger partial charge in [0.1, 0.15) is 0 Å². The Balaban J connectivity index is 2.32. The van der Waals surface area contributed by atoms with E-state index in [4.69, 9.17) is 0 Å². The molecule has 8 heavy (non-hydrogen) atoms. The fourth-order valence-electron chi connectivity index (χ4n) is 1.01. The third kappa shape index (κ3) is 1.32. The largest absolute Gasteiger partial charge is 0.0990 e. The van der Waals surface area contributed by atoms with Gasteiger partial charge in [-0.05, 0) is 25.4 Å². The van der Waals surface area contributed by atoms with E-state index in [1.807, 2.05) is 0 Å². The average Bonchev–Trinajstić information content (AvgIpc) is 2.14. The molecule has 46 valence electrons. The van der Waals surface area contributed by atoms with Gasteiger partial charge in [-0.2, -0.15) is 0 Å². The highest BCUT2D eigenvalue weighted by Crippen LogP contribution is 2.41. The summed E-state index contributed by atoms with van der Waals surface area (Å²) < 4.78 is 0. The molecular formula is C7H13P. The van der Waals surface area contributed by atoms with Crippen LogP contribution in [0.15, 0.2) is 11.6 Å². The zero-order chi connectivity index (χ0) is 5.98. The van der Waals surface area contributed by atoms with E-state index in [0.717, 1.165) is 0 Å². The molecule has 1 aliphatic heterocycles. The van der Waals surface area contributed by atoms with Crippen molar-refractivity contribution in [3.63, 3.8) is 0 Å². The highest BCUT2D eigenvalue weighted by Gasteiger charge is 2.09. The number of allylic oxidation sites excluding steroid dienone is 2. The molecular weight excluding hydrogens is 115 g/mol. The minimum Gasteiger partial charge on any atom is -0.0990 e. The molecule has 0 amide bonds. The summed E-state index contributed by atoms with van der Waals surface area (Å²) in [7, 11) is 0.425. The maximum atomic E-state index is 2.40. The Labute approximate surface area is 52.7 Å². The zero-order valence-corrected chi connectivity index (χ0v) is 6.54.